The number of hydrogen-bond acceptors (Lipinski definition) is 7. The van der Waals surface area contributed by atoms with Gasteiger partial charge in [0.25, 0.3) is 5.91 Å². The first-order valence-electron chi connectivity index (χ1n) is 6.67. The summed E-state index contributed by atoms with van der Waals surface area (Å²) in [5.74, 6) is 0.0267. The van der Waals surface area contributed by atoms with Crippen molar-refractivity contribution in [2.24, 2.45) is 11.7 Å². The highest BCUT2D eigenvalue weighted by Crippen LogP contribution is 2.30. The Hall–Kier alpha value is -1.38. The molecule has 1 aromatic heterocycles. The molecule has 0 bridgehead atoms. The monoisotopic (exact) mass is 299 g/mol. The fourth-order valence-corrected chi connectivity index (χ4v) is 2.93. The van der Waals surface area contributed by atoms with Gasteiger partial charge >= 0.3 is 0 Å². The van der Waals surface area contributed by atoms with Crippen LogP contribution in [-0.4, -0.2) is 48.3 Å². The summed E-state index contributed by atoms with van der Waals surface area (Å²) in [6.45, 7) is 3.89. The van der Waals surface area contributed by atoms with E-state index in [-0.39, 0.29) is 30.3 Å². The number of amides is 1. The molecule has 2 rings (SSSR count). The van der Waals surface area contributed by atoms with Gasteiger partial charge in [0.05, 0.1) is 0 Å². The minimum atomic E-state index is -0.241. The quantitative estimate of drug-likeness (QED) is 0.589. The zero-order valence-electron chi connectivity index (χ0n) is 11.5. The average Bonchev–Trinajstić information content (AvgIpc) is 3.01. The van der Waals surface area contributed by atoms with E-state index in [1.165, 1.54) is 11.3 Å². The summed E-state index contributed by atoms with van der Waals surface area (Å²) in [7, 11) is 0. The van der Waals surface area contributed by atoms with Gasteiger partial charge in [-0.1, -0.05) is 18.3 Å². The molecule has 2 unspecified atom stereocenters. The van der Waals surface area contributed by atoms with Crippen molar-refractivity contribution in [2.75, 3.05) is 36.9 Å². The second kappa shape index (κ2) is 6.38. The molecule has 1 aliphatic heterocycles. The SMILES string of the molecule is CC(CO)CNC(=O)c1sc(N2CCC(N)C2)nc1N. The first-order valence-corrected chi connectivity index (χ1v) is 7.48. The van der Waals surface area contributed by atoms with E-state index in [4.69, 9.17) is 16.6 Å². The van der Waals surface area contributed by atoms with Crippen LogP contribution in [-0.2, 0) is 0 Å². The molecule has 0 aliphatic carbocycles. The fraction of sp³-hybridized carbons (Fsp3) is 0.667. The molecule has 1 amide bonds. The number of hydrogen-bond donors (Lipinski definition) is 4. The predicted octanol–water partition coefficient (Wildman–Crippen LogP) is -0.379. The highest BCUT2D eigenvalue weighted by atomic mass is 32.1. The molecule has 6 N–H and O–H groups in total. The van der Waals surface area contributed by atoms with E-state index >= 15 is 0 Å². The maximum absolute atomic E-state index is 12.0. The Morgan fingerprint density at radius 1 is 1.70 bits per heavy atom. The number of carbonyl (C=O) groups excluding carboxylic acids is 1. The van der Waals surface area contributed by atoms with Crippen LogP contribution in [0.3, 0.4) is 0 Å². The summed E-state index contributed by atoms with van der Waals surface area (Å²) in [4.78, 5) is 18.8. The number of aromatic nitrogens is 1. The topological polar surface area (TPSA) is 118 Å². The molecule has 1 saturated heterocycles. The Labute approximate surface area is 122 Å². The maximum Gasteiger partial charge on any atom is 0.265 e. The molecule has 112 valence electrons. The third-order valence-corrected chi connectivity index (χ3v) is 4.40. The number of nitrogens with two attached hydrogens (primary N) is 2. The van der Waals surface area contributed by atoms with Gasteiger partial charge in [-0.2, -0.15) is 0 Å². The number of nitrogens with zero attached hydrogens (tertiary/aromatic N) is 2. The zero-order valence-corrected chi connectivity index (χ0v) is 12.3. The van der Waals surface area contributed by atoms with Crippen molar-refractivity contribution in [3.8, 4) is 0 Å². The van der Waals surface area contributed by atoms with Gasteiger partial charge in [-0.25, -0.2) is 4.98 Å². The van der Waals surface area contributed by atoms with Crippen molar-refractivity contribution < 1.29 is 9.90 Å². The van der Waals surface area contributed by atoms with Crippen LogP contribution < -0.4 is 21.7 Å². The summed E-state index contributed by atoms with van der Waals surface area (Å²) in [5, 5.41) is 12.4. The molecule has 2 heterocycles. The first-order chi connectivity index (χ1) is 9.51. The second-order valence-corrected chi connectivity index (χ2v) is 6.18. The Kier molecular flexibility index (Phi) is 4.79. The predicted molar refractivity (Wildman–Crippen MR) is 79.9 cm³/mol. The summed E-state index contributed by atoms with van der Waals surface area (Å²) in [5.41, 5.74) is 11.7. The highest BCUT2D eigenvalue weighted by Gasteiger charge is 2.24. The van der Waals surface area contributed by atoms with E-state index in [0.717, 1.165) is 24.6 Å². The van der Waals surface area contributed by atoms with Crippen molar-refractivity contribution in [3.63, 3.8) is 0 Å². The van der Waals surface area contributed by atoms with Crippen LogP contribution in [0.25, 0.3) is 0 Å². The summed E-state index contributed by atoms with van der Waals surface area (Å²) >= 11 is 1.29. The van der Waals surface area contributed by atoms with Crippen LogP contribution >= 0.6 is 11.3 Å². The van der Waals surface area contributed by atoms with Gasteiger partial charge in [-0.05, 0) is 12.3 Å². The van der Waals surface area contributed by atoms with Gasteiger partial charge in [0.1, 0.15) is 10.7 Å². The van der Waals surface area contributed by atoms with E-state index < -0.39 is 0 Å². The molecule has 0 spiro atoms. The minimum Gasteiger partial charge on any atom is -0.396 e. The maximum atomic E-state index is 12.0. The largest absolute Gasteiger partial charge is 0.396 e. The molecule has 0 saturated carbocycles. The van der Waals surface area contributed by atoms with Crippen molar-refractivity contribution in [3.05, 3.63) is 4.88 Å². The number of nitrogen functional groups attached to an aromatic ring is 1. The lowest BCUT2D eigenvalue weighted by Crippen LogP contribution is -2.29. The average molecular weight is 299 g/mol. The van der Waals surface area contributed by atoms with Crippen molar-refractivity contribution in [2.45, 2.75) is 19.4 Å². The molecule has 1 aromatic rings. The molecule has 0 aromatic carbocycles. The molecular weight excluding hydrogens is 278 g/mol. The van der Waals surface area contributed by atoms with E-state index in [9.17, 15) is 4.79 Å². The summed E-state index contributed by atoms with van der Waals surface area (Å²) < 4.78 is 0. The number of rotatable bonds is 5. The van der Waals surface area contributed by atoms with Crippen LogP contribution in [0.2, 0.25) is 0 Å². The molecule has 0 radical (unpaired) electrons. The van der Waals surface area contributed by atoms with Crippen molar-refractivity contribution in [1.82, 2.24) is 10.3 Å². The Balaban J connectivity index is 2.01. The number of aliphatic hydroxyl groups is 1. The molecule has 7 nitrogen and oxygen atoms in total. The Morgan fingerprint density at radius 2 is 2.45 bits per heavy atom. The van der Waals surface area contributed by atoms with Crippen molar-refractivity contribution >= 4 is 28.2 Å². The zero-order chi connectivity index (χ0) is 14.7. The summed E-state index contributed by atoms with van der Waals surface area (Å²) in [6, 6.07) is 0.155. The third kappa shape index (κ3) is 3.38. The number of carbonyl (C=O) groups is 1. The number of thiazole rings is 1. The number of anilines is 2. The first kappa shape index (κ1) is 15.0. The second-order valence-electron chi connectivity index (χ2n) is 5.20. The molecule has 2 atom stereocenters. The number of nitrogens with one attached hydrogen (secondary N) is 1. The van der Waals surface area contributed by atoms with E-state index in [1.54, 1.807) is 0 Å². The van der Waals surface area contributed by atoms with Gasteiger partial charge in [-0.15, -0.1) is 0 Å². The van der Waals surface area contributed by atoms with Gasteiger partial charge in [-0.3, -0.25) is 4.79 Å². The third-order valence-electron chi connectivity index (χ3n) is 3.27. The van der Waals surface area contributed by atoms with Gasteiger partial charge < -0.3 is 26.8 Å². The smallest absolute Gasteiger partial charge is 0.265 e. The summed E-state index contributed by atoms with van der Waals surface area (Å²) in [6.07, 6.45) is 0.926. The van der Waals surface area contributed by atoms with Crippen LogP contribution in [0.15, 0.2) is 0 Å². The molecular formula is C12H21N5O2S. The number of aliphatic hydroxyl groups excluding tert-OH is 1. The van der Waals surface area contributed by atoms with Crippen LogP contribution in [0.4, 0.5) is 10.9 Å². The normalized spacial score (nSPS) is 20.1. The lowest BCUT2D eigenvalue weighted by molar-refractivity contribution is 0.0947. The molecule has 1 fully saturated rings. The Bertz CT molecular complexity index is 478. The fourth-order valence-electron chi connectivity index (χ4n) is 1.99. The van der Waals surface area contributed by atoms with Crippen LogP contribution in [0, 0.1) is 5.92 Å². The standard InChI is InChI=1S/C12H21N5O2S/c1-7(6-18)4-15-11(19)9-10(14)16-12(20-9)17-3-2-8(13)5-17/h7-8,18H,2-6,13-14H2,1H3,(H,15,19). The van der Waals surface area contributed by atoms with Crippen LogP contribution in [0.5, 0.6) is 0 Å². The van der Waals surface area contributed by atoms with Gasteiger partial charge in [0, 0.05) is 32.3 Å². The molecule has 1 aliphatic rings. The highest BCUT2D eigenvalue weighted by molar-refractivity contribution is 7.18. The minimum absolute atomic E-state index is 0.0177. The van der Waals surface area contributed by atoms with E-state index in [1.807, 2.05) is 6.92 Å². The van der Waals surface area contributed by atoms with Crippen LogP contribution in [0.1, 0.15) is 23.0 Å². The molecule has 20 heavy (non-hydrogen) atoms. The Morgan fingerprint density at radius 3 is 3.05 bits per heavy atom. The molecule has 8 heteroatoms. The lowest BCUT2D eigenvalue weighted by atomic mass is 10.2. The van der Waals surface area contributed by atoms with E-state index in [0.29, 0.717) is 11.4 Å². The van der Waals surface area contributed by atoms with Gasteiger partial charge in [0.15, 0.2) is 5.13 Å². The lowest BCUT2D eigenvalue weighted by Gasteiger charge is -2.12. The van der Waals surface area contributed by atoms with Gasteiger partial charge in [0.2, 0.25) is 0 Å². The van der Waals surface area contributed by atoms with E-state index in [2.05, 4.69) is 15.2 Å². The van der Waals surface area contributed by atoms with Crippen molar-refractivity contribution in [1.29, 1.82) is 0 Å².